The molecule has 5 heteroatoms. The van der Waals surface area contributed by atoms with Gasteiger partial charge >= 0.3 is 0 Å². The van der Waals surface area contributed by atoms with E-state index in [0.717, 1.165) is 0 Å². The maximum atomic E-state index is 9.90. The fourth-order valence-corrected chi connectivity index (χ4v) is 1.19. The van der Waals surface area contributed by atoms with Crippen LogP contribution in [0.2, 0.25) is 0 Å². The Balaban J connectivity index is 3.32. The third-order valence-electron chi connectivity index (χ3n) is 0.287. The van der Waals surface area contributed by atoms with E-state index in [1.165, 1.54) is 0 Å². The lowest BCUT2D eigenvalue weighted by atomic mass is 11.4. The number of rotatable bonds is 0. The van der Waals surface area contributed by atoms with Crippen LogP contribution in [-0.2, 0) is 4.74 Å². The third kappa shape index (κ3) is 5.57. The van der Waals surface area contributed by atoms with Gasteiger partial charge in [0.1, 0.15) is 20.5 Å². The van der Waals surface area contributed by atoms with Crippen LogP contribution in [0.1, 0.15) is 0 Å². The van der Waals surface area contributed by atoms with Crippen molar-refractivity contribution in [3.63, 3.8) is 0 Å². The molecule has 3 nitrogen and oxygen atoms in total. The van der Waals surface area contributed by atoms with Gasteiger partial charge in [-0.1, -0.05) is 0 Å². The number of ether oxygens (including phenoxy) is 1. The van der Waals surface area contributed by atoms with Gasteiger partial charge in [-0.3, -0.25) is 9.59 Å². The van der Waals surface area contributed by atoms with Crippen LogP contribution < -0.4 is 0 Å². The summed E-state index contributed by atoms with van der Waals surface area (Å²) in [5.74, 6) is 0. The molecule has 0 atom stereocenters. The minimum atomic E-state index is -0.389. The first-order valence-corrected chi connectivity index (χ1v) is 3.82. The highest BCUT2D eigenvalue weighted by Crippen LogP contribution is 1.72. The fourth-order valence-electron chi connectivity index (χ4n) is 0.202. The molecule has 7 heavy (non-hydrogen) atoms. The van der Waals surface area contributed by atoms with Crippen LogP contribution in [0.5, 0.6) is 0 Å². The monoisotopic (exact) mass is 134 g/mol. The molecule has 0 rings (SSSR count). The Bertz CT molecular complexity index is 87.1. The zero-order valence-electron chi connectivity index (χ0n) is 4.22. The molecule has 0 N–H and O–H groups in total. The normalized spacial score (nSPS) is 8.57. The van der Waals surface area contributed by atoms with E-state index in [0.29, 0.717) is 20.5 Å². The van der Waals surface area contributed by atoms with Crippen LogP contribution in [0.4, 0.5) is 9.59 Å². The minimum absolute atomic E-state index is 0.307. The summed E-state index contributed by atoms with van der Waals surface area (Å²) in [7, 11) is 0.614. The first-order valence-electron chi connectivity index (χ1n) is 1.82. The highest BCUT2D eigenvalue weighted by molar-refractivity contribution is 6.62. The van der Waals surface area contributed by atoms with Crippen molar-refractivity contribution >= 4 is 31.7 Å². The van der Waals surface area contributed by atoms with Crippen molar-refractivity contribution in [2.45, 2.75) is 0 Å². The summed E-state index contributed by atoms with van der Waals surface area (Å²) >= 11 is 0. The molecule has 0 aliphatic rings. The number of carbonyl (C=O) groups excluding carboxylic acids is 2. The van der Waals surface area contributed by atoms with Crippen molar-refractivity contribution in [1.29, 1.82) is 0 Å². The fraction of sp³-hybridized carbons (Fsp3) is 0. The summed E-state index contributed by atoms with van der Waals surface area (Å²) in [6, 6.07) is 0. The smallest absolute Gasteiger partial charge is 0.267 e. The third-order valence-corrected chi connectivity index (χ3v) is 0.696. The van der Waals surface area contributed by atoms with Crippen molar-refractivity contribution in [1.82, 2.24) is 0 Å². The molecule has 0 amide bonds. The van der Waals surface area contributed by atoms with Gasteiger partial charge in [0, 0.05) is 0 Å². The summed E-state index contributed by atoms with van der Waals surface area (Å²) in [4.78, 5) is 19.8. The Morgan fingerprint density at radius 1 is 1.14 bits per heavy atom. The molecule has 0 fully saturated rings. The van der Waals surface area contributed by atoms with Gasteiger partial charge in [-0.15, -0.1) is 0 Å². The van der Waals surface area contributed by atoms with Gasteiger partial charge in [0.2, 0.25) is 0 Å². The maximum absolute atomic E-state index is 9.90. The number of hydrogen-bond acceptors (Lipinski definition) is 3. The molecule has 40 valence electrons. The molecular weight excluding hydrogens is 128 g/mol. The van der Waals surface area contributed by atoms with E-state index >= 15 is 0 Å². The van der Waals surface area contributed by atoms with Crippen LogP contribution in [0, 0.1) is 0 Å². The van der Waals surface area contributed by atoms with Gasteiger partial charge < -0.3 is 4.74 Å². The van der Waals surface area contributed by atoms with E-state index in [4.69, 9.17) is 0 Å². The summed E-state index contributed by atoms with van der Waals surface area (Å²) in [6.07, 6.45) is 0. The van der Waals surface area contributed by atoms with Crippen LogP contribution in [0.15, 0.2) is 0 Å². The topological polar surface area (TPSA) is 43.4 Å². The molecule has 0 aromatic heterocycles. The van der Waals surface area contributed by atoms with Crippen molar-refractivity contribution in [2.24, 2.45) is 0 Å². The van der Waals surface area contributed by atoms with E-state index in [1.54, 1.807) is 0 Å². The van der Waals surface area contributed by atoms with Crippen molar-refractivity contribution in [2.75, 3.05) is 0 Å². The van der Waals surface area contributed by atoms with Crippen LogP contribution >= 0.6 is 0 Å². The van der Waals surface area contributed by atoms with Gasteiger partial charge in [0.25, 0.3) is 11.2 Å². The molecule has 0 radical (unpaired) electrons. The molecule has 0 saturated heterocycles. The van der Waals surface area contributed by atoms with E-state index < -0.39 is 0 Å². The number of hydrogen-bond donors (Lipinski definition) is 0. The highest BCUT2D eigenvalue weighted by Gasteiger charge is 1.92. The second-order valence-electron chi connectivity index (χ2n) is 1.09. The molecule has 0 saturated carbocycles. The summed E-state index contributed by atoms with van der Waals surface area (Å²) < 4.78 is 4.10. The molecule has 0 heterocycles. The Hall–Kier alpha value is -0.426. The Morgan fingerprint density at radius 3 is 1.43 bits per heavy atom. The molecule has 0 aliphatic carbocycles. The molecule has 0 unspecified atom stereocenters. The molecule has 0 bridgehead atoms. The molecular formula is C2H6O3Si2. The zero-order chi connectivity index (χ0) is 5.86. The lowest BCUT2D eigenvalue weighted by Crippen LogP contribution is -2.07. The first-order chi connectivity index (χ1) is 3.13. The standard InChI is InChI=1S/C2H6O3Si2/c3-1(6)5-2(4)7/h6-7H3. The van der Waals surface area contributed by atoms with Crippen molar-refractivity contribution in [3.8, 4) is 0 Å². The molecule has 0 aromatic carbocycles. The quantitative estimate of drug-likeness (QED) is 0.283. The predicted octanol–water partition coefficient (Wildman–Crippen LogP) is -2.03. The van der Waals surface area contributed by atoms with Crippen LogP contribution in [0.3, 0.4) is 0 Å². The van der Waals surface area contributed by atoms with E-state index in [1.807, 2.05) is 0 Å². The average Bonchev–Trinajstić information content (AvgIpc) is 1.27. The lowest BCUT2D eigenvalue weighted by Gasteiger charge is -1.88. The first kappa shape index (κ1) is 6.57. The highest BCUT2D eigenvalue weighted by atomic mass is 28.1. The molecule has 0 aromatic rings. The van der Waals surface area contributed by atoms with Gasteiger partial charge in [-0.2, -0.15) is 0 Å². The molecule has 0 spiro atoms. The Morgan fingerprint density at radius 2 is 1.43 bits per heavy atom. The zero-order valence-corrected chi connectivity index (χ0v) is 8.22. The second kappa shape index (κ2) is 2.70. The largest absolute Gasteiger partial charge is 0.404 e. The van der Waals surface area contributed by atoms with Crippen LogP contribution in [0.25, 0.3) is 0 Å². The Labute approximate surface area is 46.9 Å². The van der Waals surface area contributed by atoms with Crippen molar-refractivity contribution < 1.29 is 14.3 Å². The summed E-state index contributed by atoms with van der Waals surface area (Å²) in [5, 5.41) is 0. The summed E-state index contributed by atoms with van der Waals surface area (Å²) in [5.41, 5.74) is -0.778. The van der Waals surface area contributed by atoms with Crippen LogP contribution in [-0.4, -0.2) is 31.7 Å². The minimum Gasteiger partial charge on any atom is -0.404 e. The predicted molar refractivity (Wildman–Crippen MR) is 31.8 cm³/mol. The Kier molecular flexibility index (Phi) is 2.53. The van der Waals surface area contributed by atoms with Gasteiger partial charge in [-0.25, -0.2) is 0 Å². The molecule has 0 aliphatic heterocycles. The lowest BCUT2D eigenvalue weighted by molar-refractivity contribution is 0.185. The van der Waals surface area contributed by atoms with Gasteiger partial charge in [0.05, 0.1) is 0 Å². The number of carbonyl (C=O) groups is 2. The maximum Gasteiger partial charge on any atom is 0.267 e. The van der Waals surface area contributed by atoms with E-state index in [2.05, 4.69) is 4.74 Å². The average molecular weight is 134 g/mol. The second-order valence-corrected chi connectivity index (χ2v) is 2.72. The SMILES string of the molecule is O=C([SiH3])OC(=O)[SiH3]. The van der Waals surface area contributed by atoms with Gasteiger partial charge in [-0.05, 0) is 0 Å². The van der Waals surface area contributed by atoms with E-state index in [9.17, 15) is 9.59 Å². The summed E-state index contributed by atoms with van der Waals surface area (Å²) in [6.45, 7) is 0. The van der Waals surface area contributed by atoms with E-state index in [-0.39, 0.29) is 11.2 Å². The van der Waals surface area contributed by atoms with Crippen molar-refractivity contribution in [3.05, 3.63) is 0 Å². The van der Waals surface area contributed by atoms with Gasteiger partial charge in [0.15, 0.2) is 0 Å².